The second-order valence-electron chi connectivity index (χ2n) is 4.34. The summed E-state index contributed by atoms with van der Waals surface area (Å²) in [6, 6.07) is 6.05. The Morgan fingerprint density at radius 1 is 1.29 bits per heavy atom. The first kappa shape index (κ1) is 10.8. The molecule has 1 aromatic rings. The highest BCUT2D eigenvalue weighted by molar-refractivity contribution is 5.43. The highest BCUT2D eigenvalue weighted by Gasteiger charge is 2.18. The molecule has 0 saturated carbocycles. The first-order valence-corrected chi connectivity index (χ1v) is 4.70. The smallest absolute Gasteiger partial charge is 0.123 e. The summed E-state index contributed by atoms with van der Waals surface area (Å²) in [7, 11) is 1.69. The molecule has 1 nitrogen and oxygen atoms in total. The summed E-state index contributed by atoms with van der Waals surface area (Å²) in [5.74, 6) is 0.908. The standard InChI is InChI=1S/C13H17O/c1-6-10-7-8-11(13(2,3)4)12(9-10)14-5/h7-9H,1H2,2-5H3. The van der Waals surface area contributed by atoms with Crippen LogP contribution in [0.2, 0.25) is 0 Å². The van der Waals surface area contributed by atoms with Crippen molar-refractivity contribution in [2.24, 2.45) is 0 Å². The Morgan fingerprint density at radius 2 is 1.93 bits per heavy atom. The van der Waals surface area contributed by atoms with E-state index in [0.29, 0.717) is 0 Å². The van der Waals surface area contributed by atoms with E-state index in [0.717, 1.165) is 11.3 Å². The third kappa shape index (κ3) is 2.16. The van der Waals surface area contributed by atoms with E-state index in [1.807, 2.05) is 12.1 Å². The fraction of sp³-hybridized carbons (Fsp3) is 0.385. The summed E-state index contributed by atoms with van der Waals surface area (Å²) in [5.41, 5.74) is 2.28. The lowest BCUT2D eigenvalue weighted by Crippen LogP contribution is -2.12. The van der Waals surface area contributed by atoms with Crippen LogP contribution in [0.25, 0.3) is 0 Å². The van der Waals surface area contributed by atoms with E-state index < -0.39 is 0 Å². The fourth-order valence-corrected chi connectivity index (χ4v) is 1.42. The monoisotopic (exact) mass is 189 g/mol. The van der Waals surface area contributed by atoms with Crippen molar-refractivity contribution >= 4 is 0 Å². The van der Waals surface area contributed by atoms with Gasteiger partial charge in [0.25, 0.3) is 0 Å². The highest BCUT2D eigenvalue weighted by Crippen LogP contribution is 2.31. The Bertz CT molecular complexity index is 332. The van der Waals surface area contributed by atoms with Crippen LogP contribution in [0, 0.1) is 6.08 Å². The lowest BCUT2D eigenvalue weighted by molar-refractivity contribution is 0.397. The predicted molar refractivity (Wildman–Crippen MR) is 59.7 cm³/mol. The molecule has 1 rings (SSSR count). The lowest BCUT2D eigenvalue weighted by atomic mass is 9.86. The van der Waals surface area contributed by atoms with Crippen LogP contribution < -0.4 is 4.74 Å². The van der Waals surface area contributed by atoms with Crippen LogP contribution in [-0.4, -0.2) is 7.11 Å². The molecule has 0 unspecified atom stereocenters. The topological polar surface area (TPSA) is 9.23 Å². The molecule has 0 aromatic heterocycles. The summed E-state index contributed by atoms with van der Waals surface area (Å²) in [6.07, 6.45) is 2.85. The molecule has 0 spiro atoms. The first-order chi connectivity index (χ1) is 6.49. The molecule has 1 aromatic carbocycles. The van der Waals surface area contributed by atoms with Crippen LogP contribution in [0.1, 0.15) is 31.9 Å². The maximum absolute atomic E-state index is 5.35. The zero-order valence-corrected chi connectivity index (χ0v) is 9.35. The molecule has 0 saturated heterocycles. The lowest BCUT2D eigenvalue weighted by Gasteiger charge is -2.22. The Balaban J connectivity index is 3.25. The Kier molecular flexibility index (Phi) is 3.00. The van der Waals surface area contributed by atoms with E-state index in [9.17, 15) is 0 Å². The zero-order valence-electron chi connectivity index (χ0n) is 9.35. The van der Waals surface area contributed by atoms with Crippen molar-refractivity contribution in [2.45, 2.75) is 26.2 Å². The molecule has 0 bridgehead atoms. The number of ether oxygens (including phenoxy) is 1. The van der Waals surface area contributed by atoms with Crippen molar-refractivity contribution in [1.29, 1.82) is 0 Å². The van der Waals surface area contributed by atoms with E-state index >= 15 is 0 Å². The summed E-state index contributed by atoms with van der Waals surface area (Å²) in [6.45, 7) is 10.1. The molecular weight excluding hydrogens is 172 g/mol. The van der Waals surface area contributed by atoms with Crippen molar-refractivity contribution in [2.75, 3.05) is 7.11 Å². The van der Waals surface area contributed by atoms with E-state index in [2.05, 4.69) is 39.5 Å². The molecule has 1 radical (unpaired) electrons. The maximum Gasteiger partial charge on any atom is 0.123 e. The summed E-state index contributed by atoms with van der Waals surface area (Å²) in [5, 5.41) is 0. The number of hydrogen-bond donors (Lipinski definition) is 0. The summed E-state index contributed by atoms with van der Waals surface area (Å²) in [4.78, 5) is 0. The zero-order chi connectivity index (χ0) is 10.8. The fourth-order valence-electron chi connectivity index (χ4n) is 1.42. The number of benzene rings is 1. The summed E-state index contributed by atoms with van der Waals surface area (Å²) >= 11 is 0. The van der Waals surface area contributed by atoms with Gasteiger partial charge in [0, 0.05) is 0 Å². The average Bonchev–Trinajstić information content (AvgIpc) is 2.15. The van der Waals surface area contributed by atoms with E-state index in [1.54, 1.807) is 7.11 Å². The minimum atomic E-state index is 0.102. The van der Waals surface area contributed by atoms with Crippen LogP contribution in [0.4, 0.5) is 0 Å². The largest absolute Gasteiger partial charge is 0.496 e. The second kappa shape index (κ2) is 3.87. The predicted octanol–water partition coefficient (Wildman–Crippen LogP) is 3.33. The van der Waals surface area contributed by atoms with Gasteiger partial charge in [0.2, 0.25) is 0 Å². The minimum absolute atomic E-state index is 0.102. The van der Waals surface area contributed by atoms with E-state index in [1.165, 1.54) is 5.56 Å². The van der Waals surface area contributed by atoms with E-state index in [4.69, 9.17) is 4.74 Å². The van der Waals surface area contributed by atoms with Gasteiger partial charge in [-0.3, -0.25) is 0 Å². The third-order valence-corrected chi connectivity index (χ3v) is 2.21. The van der Waals surface area contributed by atoms with Crippen LogP contribution in [0.3, 0.4) is 0 Å². The molecular formula is C13H17O. The number of hydrogen-bond acceptors (Lipinski definition) is 1. The summed E-state index contributed by atoms with van der Waals surface area (Å²) < 4.78 is 5.35. The minimum Gasteiger partial charge on any atom is -0.496 e. The van der Waals surface area contributed by atoms with Crippen LogP contribution in [0.15, 0.2) is 24.8 Å². The Morgan fingerprint density at radius 3 is 2.36 bits per heavy atom. The molecule has 0 aliphatic heterocycles. The third-order valence-electron chi connectivity index (χ3n) is 2.21. The number of methoxy groups -OCH3 is 1. The molecule has 0 fully saturated rings. The highest BCUT2D eigenvalue weighted by atomic mass is 16.5. The second-order valence-corrected chi connectivity index (χ2v) is 4.34. The quantitative estimate of drug-likeness (QED) is 0.693. The molecule has 0 heterocycles. The van der Waals surface area contributed by atoms with Crippen molar-refractivity contribution in [3.05, 3.63) is 42.0 Å². The van der Waals surface area contributed by atoms with Crippen LogP contribution in [-0.2, 0) is 5.41 Å². The molecule has 0 aliphatic carbocycles. The van der Waals surface area contributed by atoms with Gasteiger partial charge < -0.3 is 4.74 Å². The molecule has 0 atom stereocenters. The maximum atomic E-state index is 5.35. The van der Waals surface area contributed by atoms with Gasteiger partial charge in [0.05, 0.1) is 7.11 Å². The van der Waals surface area contributed by atoms with E-state index in [-0.39, 0.29) is 5.41 Å². The van der Waals surface area contributed by atoms with Crippen LogP contribution in [0.5, 0.6) is 5.75 Å². The van der Waals surface area contributed by atoms with Crippen molar-refractivity contribution in [1.82, 2.24) is 0 Å². The molecule has 14 heavy (non-hydrogen) atoms. The van der Waals surface area contributed by atoms with Gasteiger partial charge in [0.1, 0.15) is 5.75 Å². The van der Waals surface area contributed by atoms with Gasteiger partial charge in [-0.05, 0) is 28.7 Å². The first-order valence-electron chi connectivity index (χ1n) is 4.70. The molecule has 0 amide bonds. The van der Waals surface area contributed by atoms with Gasteiger partial charge in [0.15, 0.2) is 0 Å². The van der Waals surface area contributed by atoms with Crippen LogP contribution >= 0.6 is 0 Å². The van der Waals surface area contributed by atoms with Gasteiger partial charge in [-0.1, -0.05) is 39.5 Å². The SMILES string of the molecule is C=[C]c1ccc(C(C)(C)C)c(OC)c1. The molecule has 1 heteroatoms. The van der Waals surface area contributed by atoms with Gasteiger partial charge in [-0.2, -0.15) is 0 Å². The number of rotatable bonds is 2. The normalized spacial score (nSPS) is 11.1. The van der Waals surface area contributed by atoms with Crippen molar-refractivity contribution in [3.63, 3.8) is 0 Å². The average molecular weight is 189 g/mol. The molecule has 0 aliphatic rings. The van der Waals surface area contributed by atoms with Crippen molar-refractivity contribution in [3.8, 4) is 5.75 Å². The Labute approximate surface area is 86.4 Å². The van der Waals surface area contributed by atoms with Crippen molar-refractivity contribution < 1.29 is 4.74 Å². The van der Waals surface area contributed by atoms with Gasteiger partial charge in [-0.25, -0.2) is 0 Å². The van der Waals surface area contributed by atoms with Gasteiger partial charge in [-0.15, -0.1) is 0 Å². The Hall–Kier alpha value is -1.24. The van der Waals surface area contributed by atoms with Gasteiger partial charge >= 0.3 is 0 Å². The molecule has 0 N–H and O–H groups in total. The molecule has 75 valence electrons.